The molecule has 31 heavy (non-hydrogen) atoms. The van der Waals surface area contributed by atoms with Crippen molar-refractivity contribution in [3.63, 3.8) is 0 Å². The van der Waals surface area contributed by atoms with E-state index in [1.165, 1.54) is 11.1 Å². The first-order chi connectivity index (χ1) is 14.2. The van der Waals surface area contributed by atoms with Gasteiger partial charge in [-0.2, -0.15) is 0 Å². The van der Waals surface area contributed by atoms with Gasteiger partial charge >= 0.3 is 0 Å². The van der Waals surface area contributed by atoms with Gasteiger partial charge in [-0.05, 0) is 82.5 Å². The summed E-state index contributed by atoms with van der Waals surface area (Å²) in [5.41, 5.74) is 7.49. The molecular weight excluding hydrogens is 380 g/mol. The lowest BCUT2D eigenvalue weighted by atomic mass is 9.75. The molecular formula is C29H42O2. The fraction of sp³-hybridized carbons (Fsp3) is 0.552. The number of benzene rings is 2. The highest BCUT2D eigenvalue weighted by Crippen LogP contribution is 2.41. The van der Waals surface area contributed by atoms with Crippen molar-refractivity contribution in [1.29, 1.82) is 0 Å². The second kappa shape index (κ2) is 9.18. The Balaban J connectivity index is 2.79. The smallest absolute Gasteiger partial charge is 0.150 e. The Hall–Kier alpha value is -2.09. The lowest BCUT2D eigenvalue weighted by molar-refractivity contribution is 0.112. The number of hydrogen-bond donors (Lipinski definition) is 1. The summed E-state index contributed by atoms with van der Waals surface area (Å²) in [6.07, 6.45) is 3.15. The molecule has 1 N–H and O–H groups in total. The molecule has 170 valence electrons. The molecule has 2 heteroatoms. The lowest BCUT2D eigenvalue weighted by Gasteiger charge is -2.29. The third kappa shape index (κ3) is 5.79. The van der Waals surface area contributed by atoms with Gasteiger partial charge in [-0.3, -0.25) is 4.79 Å². The summed E-state index contributed by atoms with van der Waals surface area (Å²) in [7, 11) is 0. The standard InChI is InChI=1S/C29H42O2/c1-18(2)11-12-22(24-16-26(29(8,9)10)27(31)14-20(24)4)23-15-25(28(5,6)7)21(17-30)13-19(23)3/h13-18,22,31H,11-12H2,1-10H3. The Morgan fingerprint density at radius 3 is 1.74 bits per heavy atom. The highest BCUT2D eigenvalue weighted by Gasteiger charge is 2.27. The maximum atomic E-state index is 11.8. The van der Waals surface area contributed by atoms with Gasteiger partial charge in [-0.15, -0.1) is 0 Å². The van der Waals surface area contributed by atoms with Crippen LogP contribution < -0.4 is 0 Å². The summed E-state index contributed by atoms with van der Waals surface area (Å²) in [4.78, 5) is 11.8. The van der Waals surface area contributed by atoms with Crippen LogP contribution in [0.4, 0.5) is 0 Å². The Morgan fingerprint density at radius 1 is 0.806 bits per heavy atom. The van der Waals surface area contributed by atoms with E-state index in [9.17, 15) is 9.90 Å². The van der Waals surface area contributed by atoms with Gasteiger partial charge in [0.2, 0.25) is 0 Å². The molecule has 0 aliphatic heterocycles. The molecule has 0 heterocycles. The Bertz CT molecular complexity index is 937. The van der Waals surface area contributed by atoms with E-state index < -0.39 is 0 Å². The van der Waals surface area contributed by atoms with Crippen LogP contribution in [-0.2, 0) is 10.8 Å². The number of phenolic OH excluding ortho intramolecular Hbond substituents is 1. The zero-order valence-corrected chi connectivity index (χ0v) is 21.3. The molecule has 0 bridgehead atoms. The van der Waals surface area contributed by atoms with Gasteiger partial charge < -0.3 is 5.11 Å². The molecule has 2 aromatic carbocycles. The number of aromatic hydroxyl groups is 1. The molecule has 0 fully saturated rings. The molecule has 1 atom stereocenters. The average molecular weight is 423 g/mol. The summed E-state index contributed by atoms with van der Waals surface area (Å²) < 4.78 is 0. The van der Waals surface area contributed by atoms with Gasteiger partial charge in [0, 0.05) is 11.5 Å². The Labute approximate surface area is 190 Å². The topological polar surface area (TPSA) is 37.3 Å². The van der Waals surface area contributed by atoms with Gasteiger partial charge in [0.1, 0.15) is 12.0 Å². The minimum absolute atomic E-state index is 0.109. The highest BCUT2D eigenvalue weighted by molar-refractivity contribution is 5.79. The SMILES string of the molecule is Cc1cc(O)c(C(C)(C)C)cc1C(CCC(C)C)c1cc(C(C)(C)C)c(C=O)cc1C. The van der Waals surface area contributed by atoms with E-state index in [1.807, 2.05) is 6.07 Å². The van der Waals surface area contributed by atoms with Crippen LogP contribution in [0.25, 0.3) is 0 Å². The second-order valence-electron chi connectivity index (χ2n) is 11.7. The van der Waals surface area contributed by atoms with Crippen molar-refractivity contribution in [3.05, 3.63) is 63.2 Å². The van der Waals surface area contributed by atoms with Crippen LogP contribution in [0.1, 0.15) is 118 Å². The number of aryl methyl sites for hydroxylation is 2. The third-order valence-electron chi connectivity index (χ3n) is 6.35. The van der Waals surface area contributed by atoms with Crippen molar-refractivity contribution in [3.8, 4) is 5.75 Å². The highest BCUT2D eigenvalue weighted by atomic mass is 16.3. The van der Waals surface area contributed by atoms with Crippen molar-refractivity contribution >= 4 is 6.29 Å². The predicted octanol–water partition coefficient (Wildman–Crippen LogP) is 7.98. The van der Waals surface area contributed by atoms with Crippen LogP contribution in [0.5, 0.6) is 5.75 Å². The molecule has 0 amide bonds. The second-order valence-corrected chi connectivity index (χ2v) is 11.7. The first-order valence-corrected chi connectivity index (χ1v) is 11.6. The first-order valence-electron chi connectivity index (χ1n) is 11.6. The normalized spacial score (nSPS) is 13.5. The number of phenols is 1. The van der Waals surface area contributed by atoms with Crippen LogP contribution in [0.3, 0.4) is 0 Å². The van der Waals surface area contributed by atoms with E-state index in [1.54, 1.807) is 0 Å². The van der Waals surface area contributed by atoms with Crippen LogP contribution in [0.15, 0.2) is 24.3 Å². The zero-order valence-electron chi connectivity index (χ0n) is 21.3. The molecule has 0 aliphatic rings. The van der Waals surface area contributed by atoms with Crippen LogP contribution >= 0.6 is 0 Å². The Kier molecular flexibility index (Phi) is 7.46. The maximum Gasteiger partial charge on any atom is 0.150 e. The van der Waals surface area contributed by atoms with Crippen LogP contribution in [0.2, 0.25) is 0 Å². The van der Waals surface area contributed by atoms with Crippen molar-refractivity contribution in [2.24, 2.45) is 5.92 Å². The van der Waals surface area contributed by atoms with Crippen molar-refractivity contribution in [2.75, 3.05) is 0 Å². The average Bonchev–Trinajstić information content (AvgIpc) is 2.61. The molecule has 2 aromatic rings. The summed E-state index contributed by atoms with van der Waals surface area (Å²) >= 11 is 0. The van der Waals surface area contributed by atoms with Gasteiger partial charge in [-0.1, -0.05) is 73.9 Å². The number of rotatable bonds is 6. The van der Waals surface area contributed by atoms with E-state index in [0.717, 1.165) is 46.9 Å². The molecule has 2 nitrogen and oxygen atoms in total. The van der Waals surface area contributed by atoms with Gasteiger partial charge in [0.05, 0.1) is 0 Å². The fourth-order valence-electron chi connectivity index (χ4n) is 4.53. The number of carbonyl (C=O) groups is 1. The van der Waals surface area contributed by atoms with E-state index in [4.69, 9.17) is 0 Å². The summed E-state index contributed by atoms with van der Waals surface area (Å²) in [5, 5.41) is 10.7. The zero-order chi connectivity index (χ0) is 23.7. The molecule has 0 saturated carbocycles. The molecule has 1 unspecified atom stereocenters. The number of carbonyl (C=O) groups excluding carboxylic acids is 1. The summed E-state index contributed by atoms with van der Waals surface area (Å²) in [5.74, 6) is 1.21. The third-order valence-corrected chi connectivity index (χ3v) is 6.35. The minimum atomic E-state index is -0.137. The molecule has 0 aromatic heterocycles. The monoisotopic (exact) mass is 422 g/mol. The van der Waals surface area contributed by atoms with Gasteiger partial charge in [0.15, 0.2) is 0 Å². The van der Waals surface area contributed by atoms with Crippen molar-refractivity contribution in [1.82, 2.24) is 0 Å². The predicted molar refractivity (Wildman–Crippen MR) is 133 cm³/mol. The lowest BCUT2D eigenvalue weighted by Crippen LogP contribution is -2.17. The van der Waals surface area contributed by atoms with E-state index in [2.05, 4.69) is 87.4 Å². The fourth-order valence-corrected chi connectivity index (χ4v) is 4.53. The van der Waals surface area contributed by atoms with E-state index in [-0.39, 0.29) is 16.7 Å². The largest absolute Gasteiger partial charge is 0.508 e. The quantitative estimate of drug-likeness (QED) is 0.479. The minimum Gasteiger partial charge on any atom is -0.508 e. The molecule has 0 radical (unpaired) electrons. The molecule has 0 aliphatic carbocycles. The van der Waals surface area contributed by atoms with E-state index >= 15 is 0 Å². The molecule has 2 rings (SSSR count). The van der Waals surface area contributed by atoms with Crippen LogP contribution in [-0.4, -0.2) is 11.4 Å². The van der Waals surface area contributed by atoms with Crippen molar-refractivity contribution in [2.45, 2.75) is 98.8 Å². The van der Waals surface area contributed by atoms with Gasteiger partial charge in [-0.25, -0.2) is 0 Å². The summed E-state index contributed by atoms with van der Waals surface area (Å²) in [6.45, 7) is 21.7. The van der Waals surface area contributed by atoms with Gasteiger partial charge in [0.25, 0.3) is 0 Å². The first kappa shape index (κ1) is 25.2. The summed E-state index contributed by atoms with van der Waals surface area (Å²) in [6, 6.07) is 8.48. The van der Waals surface area contributed by atoms with Crippen molar-refractivity contribution < 1.29 is 9.90 Å². The molecule has 0 spiro atoms. The molecule has 0 saturated heterocycles. The maximum absolute atomic E-state index is 11.8. The number of hydrogen-bond acceptors (Lipinski definition) is 2. The Morgan fingerprint density at radius 2 is 1.29 bits per heavy atom. The number of aldehydes is 1. The van der Waals surface area contributed by atoms with Crippen LogP contribution in [0, 0.1) is 19.8 Å². The van der Waals surface area contributed by atoms with E-state index in [0.29, 0.717) is 11.7 Å².